The zero-order valence-electron chi connectivity index (χ0n) is 11.8. The highest BCUT2D eigenvalue weighted by molar-refractivity contribution is 6.10. The molecule has 1 aliphatic rings. The summed E-state index contributed by atoms with van der Waals surface area (Å²) in [5.41, 5.74) is -1.39. The third-order valence-electron chi connectivity index (χ3n) is 3.52. The summed E-state index contributed by atoms with van der Waals surface area (Å²) < 4.78 is 2.18. The van der Waals surface area contributed by atoms with Crippen molar-refractivity contribution in [2.45, 2.75) is 38.8 Å². The predicted molar refractivity (Wildman–Crippen MR) is 72.2 cm³/mol. The maximum absolute atomic E-state index is 12.2. The van der Waals surface area contributed by atoms with Gasteiger partial charge in [-0.05, 0) is 6.42 Å². The van der Waals surface area contributed by atoms with Gasteiger partial charge in [0.15, 0.2) is 5.78 Å². The minimum absolute atomic E-state index is 0.118. The molecule has 1 aromatic rings. The van der Waals surface area contributed by atoms with Crippen molar-refractivity contribution in [3.63, 3.8) is 0 Å². The Morgan fingerprint density at radius 1 is 1.33 bits per heavy atom. The Morgan fingerprint density at radius 2 is 2.00 bits per heavy atom. The molecule has 1 N–H and O–H groups in total. The van der Waals surface area contributed by atoms with Crippen LogP contribution in [0.5, 0.6) is 0 Å². The molecule has 0 aliphatic carbocycles. The Bertz CT molecular complexity index is 716. The number of carbonyl (C=O) groups is 2. The summed E-state index contributed by atoms with van der Waals surface area (Å²) in [7, 11) is 1.30. The van der Waals surface area contributed by atoms with Crippen molar-refractivity contribution in [1.29, 1.82) is 0 Å². The Balaban J connectivity index is 2.57. The topological polar surface area (TPSA) is 113 Å². The number of rotatable bonds is 5. The number of nitrogens with one attached hydrogen (secondary N) is 1. The molecule has 0 saturated carbocycles. The minimum atomic E-state index is -1.40. The smallest absolute Gasteiger partial charge is 0.332 e. The van der Waals surface area contributed by atoms with Gasteiger partial charge in [-0.25, -0.2) is 4.79 Å². The van der Waals surface area contributed by atoms with E-state index in [4.69, 9.17) is 0 Å². The van der Waals surface area contributed by atoms with Gasteiger partial charge in [0.25, 0.3) is 5.56 Å². The Hall–Kier alpha value is -2.38. The summed E-state index contributed by atoms with van der Waals surface area (Å²) in [6, 6.07) is -1.06. The van der Waals surface area contributed by atoms with E-state index in [1.54, 1.807) is 0 Å². The van der Waals surface area contributed by atoms with E-state index in [0.29, 0.717) is 13.0 Å². The van der Waals surface area contributed by atoms with E-state index < -0.39 is 35.5 Å². The average Bonchev–Trinajstić information content (AvgIpc) is 2.73. The first kappa shape index (κ1) is 15.0. The highest BCUT2D eigenvalue weighted by atomic mass is 16.4. The van der Waals surface area contributed by atoms with Crippen LogP contribution in [0.25, 0.3) is 0 Å². The van der Waals surface area contributed by atoms with Crippen LogP contribution in [0.1, 0.15) is 36.5 Å². The third kappa shape index (κ3) is 2.48. The summed E-state index contributed by atoms with van der Waals surface area (Å²) in [4.78, 5) is 47.0. The lowest BCUT2D eigenvalue weighted by atomic mass is 10.1. The fourth-order valence-electron chi connectivity index (χ4n) is 2.38. The second kappa shape index (κ2) is 5.55. The van der Waals surface area contributed by atoms with E-state index in [-0.39, 0.29) is 11.4 Å². The van der Waals surface area contributed by atoms with E-state index in [9.17, 15) is 24.3 Å². The van der Waals surface area contributed by atoms with Crippen LogP contribution >= 0.6 is 0 Å². The van der Waals surface area contributed by atoms with Gasteiger partial charge in [0.2, 0.25) is 0 Å². The molecule has 1 aromatic heterocycles. The molecule has 2 rings (SSSR count). The van der Waals surface area contributed by atoms with Gasteiger partial charge in [-0.2, -0.15) is 0 Å². The maximum atomic E-state index is 12.2. The maximum Gasteiger partial charge on any atom is 0.332 e. The number of nitrogens with zero attached hydrogens (tertiary/aromatic N) is 2. The number of aromatic nitrogens is 2. The second-order valence-corrected chi connectivity index (χ2v) is 5.01. The summed E-state index contributed by atoms with van der Waals surface area (Å²) >= 11 is 0. The molecule has 114 valence electrons. The number of carboxylic acids is 1. The number of hydrogen-bond donors (Lipinski definition) is 1. The standard InChI is InChI=1S/C13H17N3O5/c1-3-4-5-16-11-9(12(20)15(2)13(16)21)10(19)7(14-11)6-8(17)18/h7,14H,3-6H2,1-2H3,(H,17,18)/p-1/t7-/m1/s1. The SMILES string of the molecule is CCCCn1c2c(c(=O)n(C)c1=O)C(=O)[C@@H](CC(=O)[O-])N2. The lowest BCUT2D eigenvalue weighted by Gasteiger charge is -2.14. The van der Waals surface area contributed by atoms with Gasteiger partial charge < -0.3 is 15.2 Å². The monoisotopic (exact) mass is 294 g/mol. The number of unbranched alkanes of at least 4 members (excludes halogenated alkanes) is 1. The molecule has 0 bridgehead atoms. The third-order valence-corrected chi connectivity index (χ3v) is 3.52. The lowest BCUT2D eigenvalue weighted by molar-refractivity contribution is -0.305. The number of Topliss-reactive ketones (excluding diaryl/α,β-unsaturated/α-hetero) is 1. The summed E-state index contributed by atoms with van der Waals surface area (Å²) in [6.07, 6.45) is 0.991. The molecule has 1 aliphatic heterocycles. The van der Waals surface area contributed by atoms with E-state index in [0.717, 1.165) is 11.0 Å². The van der Waals surface area contributed by atoms with Crippen LogP contribution in [0.15, 0.2) is 9.59 Å². The number of aliphatic carboxylic acids is 1. The molecule has 0 fully saturated rings. The van der Waals surface area contributed by atoms with Gasteiger partial charge in [-0.1, -0.05) is 13.3 Å². The number of hydrogen-bond acceptors (Lipinski definition) is 6. The van der Waals surface area contributed by atoms with E-state index in [1.807, 2.05) is 6.92 Å². The molecule has 0 saturated heterocycles. The van der Waals surface area contributed by atoms with Crippen molar-refractivity contribution in [3.05, 3.63) is 26.4 Å². The molecule has 8 nitrogen and oxygen atoms in total. The van der Waals surface area contributed by atoms with Gasteiger partial charge in [0.1, 0.15) is 11.4 Å². The Kier molecular flexibility index (Phi) is 3.97. The van der Waals surface area contributed by atoms with Crippen LogP contribution in [-0.4, -0.2) is 26.9 Å². The van der Waals surface area contributed by atoms with Crippen LogP contribution in [0, 0.1) is 0 Å². The molecule has 1 atom stereocenters. The molecule has 0 aromatic carbocycles. The van der Waals surface area contributed by atoms with Gasteiger partial charge in [0, 0.05) is 26.0 Å². The number of carboxylic acid groups (broad SMARTS) is 1. The fraction of sp³-hybridized carbons (Fsp3) is 0.538. The van der Waals surface area contributed by atoms with E-state index >= 15 is 0 Å². The van der Waals surface area contributed by atoms with Crippen molar-refractivity contribution in [2.75, 3.05) is 5.32 Å². The van der Waals surface area contributed by atoms with Crippen LogP contribution in [0.3, 0.4) is 0 Å². The van der Waals surface area contributed by atoms with Crippen LogP contribution < -0.4 is 21.7 Å². The van der Waals surface area contributed by atoms with Gasteiger partial charge >= 0.3 is 5.69 Å². The molecular weight excluding hydrogens is 278 g/mol. The van der Waals surface area contributed by atoms with Crippen molar-refractivity contribution in [3.8, 4) is 0 Å². The highest BCUT2D eigenvalue weighted by Crippen LogP contribution is 2.23. The van der Waals surface area contributed by atoms with Crippen molar-refractivity contribution < 1.29 is 14.7 Å². The van der Waals surface area contributed by atoms with Crippen LogP contribution in [0.4, 0.5) is 5.82 Å². The first-order chi connectivity index (χ1) is 9.88. The average molecular weight is 294 g/mol. The molecule has 0 spiro atoms. The summed E-state index contributed by atoms with van der Waals surface area (Å²) in [6.45, 7) is 2.30. The van der Waals surface area contributed by atoms with Crippen molar-refractivity contribution in [2.24, 2.45) is 7.05 Å². The fourth-order valence-corrected chi connectivity index (χ4v) is 2.38. The number of carbonyl (C=O) groups excluding carboxylic acids is 2. The van der Waals surface area contributed by atoms with Crippen molar-refractivity contribution in [1.82, 2.24) is 9.13 Å². The molecule has 8 heteroatoms. The summed E-state index contributed by atoms with van der Waals surface area (Å²) in [5, 5.41) is 13.4. The number of fused-ring (bicyclic) bond motifs is 1. The minimum Gasteiger partial charge on any atom is -0.550 e. The predicted octanol–water partition coefficient (Wildman–Crippen LogP) is -1.54. The molecule has 0 amide bonds. The molecule has 2 heterocycles. The first-order valence-electron chi connectivity index (χ1n) is 6.72. The Morgan fingerprint density at radius 3 is 2.57 bits per heavy atom. The zero-order chi connectivity index (χ0) is 15.7. The number of ketones is 1. The molecule has 0 radical (unpaired) electrons. The molecule has 21 heavy (non-hydrogen) atoms. The lowest BCUT2D eigenvalue weighted by Crippen LogP contribution is -2.40. The summed E-state index contributed by atoms with van der Waals surface area (Å²) in [5.74, 6) is -1.89. The van der Waals surface area contributed by atoms with E-state index in [1.165, 1.54) is 11.6 Å². The highest BCUT2D eigenvalue weighted by Gasteiger charge is 2.36. The largest absolute Gasteiger partial charge is 0.550 e. The van der Waals surface area contributed by atoms with Gasteiger partial charge in [-0.3, -0.25) is 18.7 Å². The van der Waals surface area contributed by atoms with Gasteiger partial charge in [0.05, 0.1) is 6.04 Å². The second-order valence-electron chi connectivity index (χ2n) is 5.01. The normalized spacial score (nSPS) is 16.7. The quantitative estimate of drug-likeness (QED) is 0.704. The first-order valence-corrected chi connectivity index (χ1v) is 6.72. The van der Waals surface area contributed by atoms with E-state index in [2.05, 4.69) is 5.32 Å². The van der Waals surface area contributed by atoms with Gasteiger partial charge in [-0.15, -0.1) is 0 Å². The van der Waals surface area contributed by atoms with Crippen LogP contribution in [0.2, 0.25) is 0 Å². The zero-order valence-corrected chi connectivity index (χ0v) is 11.8. The Labute approximate surface area is 120 Å². The molecular formula is C13H16N3O5-. The number of anilines is 1. The van der Waals surface area contributed by atoms with Crippen molar-refractivity contribution >= 4 is 17.6 Å². The van der Waals surface area contributed by atoms with Crippen LogP contribution in [-0.2, 0) is 18.4 Å². The molecule has 0 unspecified atom stereocenters.